The Labute approximate surface area is 63.4 Å². The third-order valence-electron chi connectivity index (χ3n) is 0.873. The molecule has 6 nitrogen and oxygen atoms in total. The quantitative estimate of drug-likeness (QED) is 0.658. The van der Waals surface area contributed by atoms with E-state index in [0.29, 0.717) is 0 Å². The van der Waals surface area contributed by atoms with Crippen molar-refractivity contribution in [3.63, 3.8) is 0 Å². The number of hydrogen-bond donors (Lipinski definition) is 2. The van der Waals surface area contributed by atoms with Crippen molar-refractivity contribution in [2.75, 3.05) is 4.72 Å². The Balaban J connectivity index is 2.79. The largest absolute Gasteiger partial charge is 0.256 e. The molecule has 0 amide bonds. The van der Waals surface area contributed by atoms with Gasteiger partial charge in [-0.2, -0.15) is 10.1 Å². The summed E-state index contributed by atoms with van der Waals surface area (Å²) in [5.74, 6) is 0.0740. The van der Waals surface area contributed by atoms with E-state index in [1.165, 1.54) is 6.33 Å². The van der Waals surface area contributed by atoms with Gasteiger partial charge in [0.05, 0.1) is 0 Å². The second-order valence-electron chi connectivity index (χ2n) is 1.65. The summed E-state index contributed by atoms with van der Waals surface area (Å²) in [6.07, 6.45) is 1.20. The maximum atomic E-state index is 10.7. The average molecular weight is 174 g/mol. The van der Waals surface area contributed by atoms with Gasteiger partial charge in [-0.05, 0) is 0 Å². The summed E-state index contributed by atoms with van der Waals surface area (Å²) in [4.78, 5) is 3.54. The number of anilines is 1. The van der Waals surface area contributed by atoms with Crippen LogP contribution in [0.5, 0.6) is 0 Å². The van der Waals surface area contributed by atoms with Gasteiger partial charge in [-0.15, -0.1) is 0 Å². The lowest BCUT2D eigenvalue weighted by Crippen LogP contribution is -2.09. The lowest BCUT2D eigenvalue weighted by atomic mass is 11.1. The molecule has 0 aliphatic heterocycles. The maximum Gasteiger partial charge on any atom is 0.256 e. The zero-order valence-corrected chi connectivity index (χ0v) is 6.30. The second-order valence-corrected chi connectivity index (χ2v) is 3.28. The van der Waals surface area contributed by atoms with E-state index in [2.05, 4.69) is 26.5 Å². The summed E-state index contributed by atoms with van der Waals surface area (Å²) in [5, 5.41) is 6.56. The van der Waals surface area contributed by atoms with Crippen LogP contribution >= 0.6 is 0 Å². The number of aromatic amines is 1. The zero-order chi connectivity index (χ0) is 8.32. The van der Waals surface area contributed by atoms with Crippen LogP contribution in [0.15, 0.2) is 18.3 Å². The molecule has 0 aromatic carbocycles. The number of nitrogens with one attached hydrogen (secondary N) is 2. The van der Waals surface area contributed by atoms with Gasteiger partial charge >= 0.3 is 0 Å². The minimum absolute atomic E-state index is 0.0740. The average Bonchev–Trinajstić information content (AvgIpc) is 2.39. The van der Waals surface area contributed by atoms with Crippen LogP contribution in [0.25, 0.3) is 0 Å². The molecule has 0 fully saturated rings. The molecule has 0 bridgehead atoms. The van der Waals surface area contributed by atoms with Gasteiger partial charge in [-0.1, -0.05) is 6.58 Å². The van der Waals surface area contributed by atoms with Crippen molar-refractivity contribution >= 4 is 16.0 Å². The highest BCUT2D eigenvalue weighted by atomic mass is 32.2. The zero-order valence-electron chi connectivity index (χ0n) is 5.48. The minimum atomic E-state index is -3.46. The van der Waals surface area contributed by atoms with Gasteiger partial charge in [0.15, 0.2) is 0 Å². The minimum Gasteiger partial charge on any atom is -0.248 e. The fourth-order valence-electron chi connectivity index (χ4n) is 0.431. The van der Waals surface area contributed by atoms with Crippen LogP contribution in [-0.4, -0.2) is 23.6 Å². The van der Waals surface area contributed by atoms with Gasteiger partial charge in [-0.3, -0.25) is 0 Å². The first-order chi connectivity index (χ1) is 5.14. The molecule has 60 valence electrons. The summed E-state index contributed by atoms with van der Waals surface area (Å²) < 4.78 is 23.6. The predicted octanol–water partition coefficient (Wildman–Crippen LogP) is -0.310. The molecule has 1 aromatic heterocycles. The molecule has 1 aromatic rings. The maximum absolute atomic E-state index is 10.7. The molecule has 0 spiro atoms. The van der Waals surface area contributed by atoms with Crippen LogP contribution in [-0.2, 0) is 10.0 Å². The summed E-state index contributed by atoms with van der Waals surface area (Å²) in [6.45, 7) is 3.10. The SMILES string of the molecule is C=CS(=O)(=O)Nc1ncn[nH]1. The number of hydrogen-bond acceptors (Lipinski definition) is 4. The summed E-state index contributed by atoms with van der Waals surface area (Å²) in [6, 6.07) is 0. The Bertz CT molecular complexity index is 327. The highest BCUT2D eigenvalue weighted by Gasteiger charge is 2.04. The highest BCUT2D eigenvalue weighted by Crippen LogP contribution is 1.97. The van der Waals surface area contributed by atoms with E-state index >= 15 is 0 Å². The van der Waals surface area contributed by atoms with E-state index in [1.54, 1.807) is 0 Å². The Kier molecular flexibility index (Phi) is 1.90. The Morgan fingerprint density at radius 1 is 1.73 bits per heavy atom. The molecule has 2 N–H and O–H groups in total. The first-order valence-electron chi connectivity index (χ1n) is 2.65. The molecule has 11 heavy (non-hydrogen) atoms. The van der Waals surface area contributed by atoms with Crippen molar-refractivity contribution in [3.8, 4) is 0 Å². The lowest BCUT2D eigenvalue weighted by Gasteiger charge is -1.96. The monoisotopic (exact) mass is 174 g/mol. The van der Waals surface area contributed by atoms with Crippen LogP contribution in [0.3, 0.4) is 0 Å². The molecule has 0 saturated carbocycles. The van der Waals surface area contributed by atoms with Crippen LogP contribution in [0.1, 0.15) is 0 Å². The molecular formula is C4H6N4O2S. The third kappa shape index (κ3) is 2.04. The number of H-pyrrole nitrogens is 1. The van der Waals surface area contributed by atoms with Gasteiger partial charge in [0.25, 0.3) is 10.0 Å². The van der Waals surface area contributed by atoms with Crippen molar-refractivity contribution in [3.05, 3.63) is 18.3 Å². The molecule has 0 aliphatic rings. The Morgan fingerprint density at radius 3 is 2.91 bits per heavy atom. The molecule has 0 atom stereocenters. The van der Waals surface area contributed by atoms with Gasteiger partial charge in [0.2, 0.25) is 5.95 Å². The van der Waals surface area contributed by atoms with Crippen LogP contribution in [0.2, 0.25) is 0 Å². The highest BCUT2D eigenvalue weighted by molar-refractivity contribution is 7.95. The number of rotatable bonds is 3. The molecular weight excluding hydrogens is 168 g/mol. The van der Waals surface area contributed by atoms with E-state index in [-0.39, 0.29) is 5.95 Å². The van der Waals surface area contributed by atoms with Gasteiger partial charge in [0, 0.05) is 5.41 Å². The Hall–Kier alpha value is -1.37. The van der Waals surface area contributed by atoms with Gasteiger partial charge in [0.1, 0.15) is 6.33 Å². The Morgan fingerprint density at radius 2 is 2.45 bits per heavy atom. The van der Waals surface area contributed by atoms with Gasteiger partial charge < -0.3 is 0 Å². The fraction of sp³-hybridized carbons (Fsp3) is 0. The number of nitrogens with zero attached hydrogens (tertiary/aromatic N) is 2. The van der Waals surface area contributed by atoms with Crippen LogP contribution < -0.4 is 4.72 Å². The van der Waals surface area contributed by atoms with E-state index < -0.39 is 10.0 Å². The first-order valence-corrected chi connectivity index (χ1v) is 4.19. The topological polar surface area (TPSA) is 87.7 Å². The summed E-state index contributed by atoms with van der Waals surface area (Å²) in [7, 11) is -3.46. The van der Waals surface area contributed by atoms with E-state index in [0.717, 1.165) is 5.41 Å². The van der Waals surface area contributed by atoms with Gasteiger partial charge in [-0.25, -0.2) is 18.2 Å². The third-order valence-corrected chi connectivity index (χ3v) is 1.79. The van der Waals surface area contributed by atoms with Crippen molar-refractivity contribution < 1.29 is 8.42 Å². The lowest BCUT2D eigenvalue weighted by molar-refractivity contribution is 0.609. The molecule has 0 saturated heterocycles. The molecule has 0 aliphatic carbocycles. The number of sulfonamides is 1. The fourth-order valence-corrected chi connectivity index (χ4v) is 0.882. The van der Waals surface area contributed by atoms with Crippen molar-refractivity contribution in [1.82, 2.24) is 15.2 Å². The number of aromatic nitrogens is 3. The standard InChI is InChI=1S/C4H6N4O2S/c1-2-11(9,10)8-4-5-3-6-7-4/h2-3H,1H2,(H2,5,6,7,8). The second kappa shape index (κ2) is 2.70. The normalized spacial score (nSPS) is 10.9. The van der Waals surface area contributed by atoms with Crippen LogP contribution in [0.4, 0.5) is 5.95 Å². The molecule has 1 rings (SSSR count). The first kappa shape index (κ1) is 7.73. The van der Waals surface area contributed by atoms with Crippen LogP contribution in [0, 0.1) is 0 Å². The van der Waals surface area contributed by atoms with E-state index in [4.69, 9.17) is 0 Å². The van der Waals surface area contributed by atoms with E-state index in [1.807, 2.05) is 0 Å². The van der Waals surface area contributed by atoms with Crippen molar-refractivity contribution in [2.45, 2.75) is 0 Å². The summed E-state index contributed by atoms with van der Waals surface area (Å²) in [5.41, 5.74) is 0. The summed E-state index contributed by atoms with van der Waals surface area (Å²) >= 11 is 0. The predicted molar refractivity (Wildman–Crippen MR) is 39.1 cm³/mol. The van der Waals surface area contributed by atoms with Crippen molar-refractivity contribution in [1.29, 1.82) is 0 Å². The molecule has 1 heterocycles. The molecule has 0 radical (unpaired) electrons. The smallest absolute Gasteiger partial charge is 0.248 e. The molecule has 0 unspecified atom stereocenters. The van der Waals surface area contributed by atoms with E-state index in [9.17, 15) is 8.42 Å². The van der Waals surface area contributed by atoms with Crippen molar-refractivity contribution in [2.24, 2.45) is 0 Å². The molecule has 7 heteroatoms.